The quantitative estimate of drug-likeness (QED) is 0.727. The molecule has 4 rings (SSSR count). The number of carbonyl (C=O) groups excluding carboxylic acids is 1. The van der Waals surface area contributed by atoms with E-state index in [0.717, 1.165) is 29.9 Å². The summed E-state index contributed by atoms with van der Waals surface area (Å²) in [5.41, 5.74) is 4.77. The number of rotatable bonds is 6. The lowest BCUT2D eigenvalue weighted by molar-refractivity contribution is -0.110. The van der Waals surface area contributed by atoms with Crippen LogP contribution in [0.5, 0.6) is 0 Å². The third-order valence-electron chi connectivity index (χ3n) is 5.15. The lowest BCUT2D eigenvalue weighted by Gasteiger charge is -2.23. The molecule has 0 aliphatic carbocycles. The van der Waals surface area contributed by atoms with Crippen LogP contribution in [0.1, 0.15) is 17.5 Å². The number of hydrogen-bond donors (Lipinski definition) is 2. The first-order valence-electron chi connectivity index (χ1n) is 9.64. The maximum atomic E-state index is 13.4. The molecule has 0 bridgehead atoms. The van der Waals surface area contributed by atoms with Crippen molar-refractivity contribution in [1.82, 2.24) is 0 Å². The van der Waals surface area contributed by atoms with Gasteiger partial charge in [0.15, 0.2) is 6.29 Å². The summed E-state index contributed by atoms with van der Waals surface area (Å²) < 4.78 is 24.3. The van der Waals surface area contributed by atoms with E-state index in [1.54, 1.807) is 12.3 Å². The van der Waals surface area contributed by atoms with Crippen LogP contribution in [0.25, 0.3) is 5.57 Å². The van der Waals surface area contributed by atoms with Crippen molar-refractivity contribution < 1.29 is 18.7 Å². The Kier molecular flexibility index (Phi) is 5.51. The molecule has 152 valence electrons. The highest BCUT2D eigenvalue weighted by Crippen LogP contribution is 2.32. The average Bonchev–Trinajstić information content (AvgIpc) is 3.31. The number of anilines is 3. The second kappa shape index (κ2) is 8.23. The van der Waals surface area contributed by atoms with Gasteiger partial charge in [-0.25, -0.2) is 4.39 Å². The lowest BCUT2D eigenvalue weighted by atomic mass is 10.1. The van der Waals surface area contributed by atoms with E-state index in [9.17, 15) is 9.18 Å². The van der Waals surface area contributed by atoms with Gasteiger partial charge < -0.3 is 25.0 Å². The van der Waals surface area contributed by atoms with Crippen LogP contribution in [0.2, 0.25) is 0 Å². The van der Waals surface area contributed by atoms with Crippen molar-refractivity contribution in [2.45, 2.75) is 19.6 Å². The summed E-state index contributed by atoms with van der Waals surface area (Å²) in [5, 5.41) is 5.86. The molecule has 0 spiro atoms. The van der Waals surface area contributed by atoms with E-state index in [4.69, 9.17) is 9.47 Å². The molecule has 2 N–H and O–H groups in total. The van der Waals surface area contributed by atoms with E-state index in [0.29, 0.717) is 30.0 Å². The van der Waals surface area contributed by atoms with Crippen LogP contribution in [0, 0.1) is 12.7 Å². The highest BCUT2D eigenvalue weighted by atomic mass is 19.1. The number of halogens is 1. The summed E-state index contributed by atoms with van der Waals surface area (Å²) >= 11 is 0. The third kappa shape index (κ3) is 4.26. The molecule has 0 atom stereocenters. The van der Waals surface area contributed by atoms with E-state index in [-0.39, 0.29) is 18.0 Å². The Morgan fingerprint density at radius 1 is 1.24 bits per heavy atom. The number of ether oxygens (including phenoxy) is 2. The molecule has 29 heavy (non-hydrogen) atoms. The average molecular weight is 397 g/mol. The molecule has 2 aliphatic rings. The summed E-state index contributed by atoms with van der Waals surface area (Å²) in [5.74, 6) is -0.623. The molecule has 2 aromatic carbocycles. The smallest absolute Gasteiger partial charge is 0.257 e. The van der Waals surface area contributed by atoms with Gasteiger partial charge >= 0.3 is 0 Å². The molecule has 0 saturated carbocycles. The van der Waals surface area contributed by atoms with Crippen LogP contribution in [-0.2, 0) is 14.3 Å². The minimum atomic E-state index is -0.375. The van der Waals surface area contributed by atoms with E-state index < -0.39 is 0 Å². The summed E-state index contributed by atoms with van der Waals surface area (Å²) in [6.45, 7) is 4.21. The summed E-state index contributed by atoms with van der Waals surface area (Å²) in [6.07, 6.45) is 2.36. The molecule has 0 radical (unpaired) electrons. The molecule has 7 heteroatoms. The Hall–Kier alpha value is -2.90. The zero-order valence-electron chi connectivity index (χ0n) is 16.5. The fraction of sp³-hybridized carbons (Fsp3) is 0.318. The van der Waals surface area contributed by atoms with Crippen molar-refractivity contribution in [2.75, 3.05) is 42.3 Å². The fourth-order valence-electron chi connectivity index (χ4n) is 3.63. The molecular formula is C22H24FN3O3. The van der Waals surface area contributed by atoms with Crippen molar-refractivity contribution in [3.63, 3.8) is 0 Å². The van der Waals surface area contributed by atoms with Gasteiger partial charge in [-0.2, -0.15) is 0 Å². The monoisotopic (exact) mass is 397 g/mol. The first-order valence-corrected chi connectivity index (χ1v) is 9.64. The zero-order chi connectivity index (χ0) is 20.4. The van der Waals surface area contributed by atoms with Crippen LogP contribution in [-0.4, -0.2) is 39.0 Å². The standard InChI is InChI=1S/C22H24FN3O3/c1-14-11-16(4-6-20(14)26(2)8-7-21-28-9-10-29-21)24-13-18-17-5-3-15(23)12-19(17)25-22(18)27/h3-6,11-13,21,24H,7-10H2,1-2H3,(H,25,27)/b18-13+. The van der Waals surface area contributed by atoms with E-state index in [1.807, 2.05) is 32.2 Å². The van der Waals surface area contributed by atoms with E-state index in [2.05, 4.69) is 15.5 Å². The maximum Gasteiger partial charge on any atom is 0.257 e. The number of nitrogens with zero attached hydrogens (tertiary/aromatic N) is 1. The predicted molar refractivity (Wildman–Crippen MR) is 111 cm³/mol. The van der Waals surface area contributed by atoms with E-state index >= 15 is 0 Å². The highest BCUT2D eigenvalue weighted by molar-refractivity contribution is 6.31. The van der Waals surface area contributed by atoms with Crippen molar-refractivity contribution in [3.05, 3.63) is 59.5 Å². The van der Waals surface area contributed by atoms with Gasteiger partial charge in [-0.1, -0.05) is 0 Å². The van der Waals surface area contributed by atoms with Crippen molar-refractivity contribution in [1.29, 1.82) is 0 Å². The number of amides is 1. The number of benzene rings is 2. The molecule has 0 aromatic heterocycles. The van der Waals surface area contributed by atoms with Crippen molar-refractivity contribution in [3.8, 4) is 0 Å². The Balaban J connectivity index is 1.43. The van der Waals surface area contributed by atoms with Gasteiger partial charge in [-0.05, 0) is 48.9 Å². The first-order chi connectivity index (χ1) is 14.0. The number of nitrogens with one attached hydrogen (secondary N) is 2. The van der Waals surface area contributed by atoms with Gasteiger partial charge in [-0.3, -0.25) is 4.79 Å². The minimum Gasteiger partial charge on any atom is -0.374 e. The molecule has 1 fully saturated rings. The molecule has 0 unspecified atom stereocenters. The van der Waals surface area contributed by atoms with Crippen molar-refractivity contribution in [2.24, 2.45) is 0 Å². The Labute approximate surface area is 169 Å². The Morgan fingerprint density at radius 2 is 2.03 bits per heavy atom. The molecular weight excluding hydrogens is 373 g/mol. The molecule has 6 nitrogen and oxygen atoms in total. The lowest BCUT2D eigenvalue weighted by Crippen LogP contribution is -2.24. The van der Waals surface area contributed by atoms with Crippen LogP contribution in [0.4, 0.5) is 21.5 Å². The van der Waals surface area contributed by atoms with Gasteiger partial charge in [0.1, 0.15) is 5.82 Å². The second-order valence-electron chi connectivity index (χ2n) is 7.23. The molecule has 1 amide bonds. The molecule has 2 aliphatic heterocycles. The normalized spacial score (nSPS) is 17.5. The van der Waals surface area contributed by atoms with Gasteiger partial charge in [0.05, 0.1) is 24.5 Å². The number of aryl methyl sites for hydroxylation is 1. The largest absolute Gasteiger partial charge is 0.374 e. The van der Waals surface area contributed by atoms with Gasteiger partial charge in [-0.15, -0.1) is 0 Å². The maximum absolute atomic E-state index is 13.4. The fourth-order valence-corrected chi connectivity index (χ4v) is 3.63. The van der Waals surface area contributed by atoms with Crippen LogP contribution in [0.15, 0.2) is 42.6 Å². The number of fused-ring (bicyclic) bond motifs is 1. The van der Waals surface area contributed by atoms with Crippen LogP contribution >= 0.6 is 0 Å². The predicted octanol–water partition coefficient (Wildman–Crippen LogP) is 3.74. The Morgan fingerprint density at radius 3 is 2.79 bits per heavy atom. The number of carbonyl (C=O) groups is 1. The minimum absolute atomic E-state index is 0.112. The molecule has 2 aromatic rings. The third-order valence-corrected chi connectivity index (χ3v) is 5.15. The Bertz CT molecular complexity index is 954. The summed E-state index contributed by atoms with van der Waals surface area (Å²) in [4.78, 5) is 14.4. The van der Waals surface area contributed by atoms with Crippen LogP contribution < -0.4 is 15.5 Å². The van der Waals surface area contributed by atoms with Gasteiger partial charge in [0, 0.05) is 43.2 Å². The second-order valence-corrected chi connectivity index (χ2v) is 7.23. The summed E-state index contributed by atoms with van der Waals surface area (Å²) in [6, 6.07) is 10.3. The topological polar surface area (TPSA) is 62.8 Å². The van der Waals surface area contributed by atoms with Crippen molar-refractivity contribution >= 4 is 28.5 Å². The molecule has 1 saturated heterocycles. The van der Waals surface area contributed by atoms with Crippen LogP contribution in [0.3, 0.4) is 0 Å². The first kappa shape index (κ1) is 19.4. The van der Waals surface area contributed by atoms with Gasteiger partial charge in [0.2, 0.25) is 0 Å². The zero-order valence-corrected chi connectivity index (χ0v) is 16.5. The SMILES string of the molecule is Cc1cc(N/C=C2/C(=O)Nc3cc(F)ccc32)ccc1N(C)CCC1OCCO1. The highest BCUT2D eigenvalue weighted by Gasteiger charge is 2.24. The van der Waals surface area contributed by atoms with Gasteiger partial charge in [0.25, 0.3) is 5.91 Å². The molecule has 2 heterocycles. The number of hydrogen-bond acceptors (Lipinski definition) is 5. The summed E-state index contributed by atoms with van der Waals surface area (Å²) in [7, 11) is 2.05. The van der Waals surface area contributed by atoms with E-state index in [1.165, 1.54) is 12.1 Å².